The number of rotatable bonds is 3. The number of aromatic nitrogens is 1. The van der Waals surface area contributed by atoms with Gasteiger partial charge >= 0.3 is 5.97 Å². The Morgan fingerprint density at radius 2 is 2.18 bits per heavy atom. The topological polar surface area (TPSA) is 60.5 Å². The predicted octanol–water partition coefficient (Wildman–Crippen LogP) is 2.92. The molecule has 1 aliphatic rings. The van der Waals surface area contributed by atoms with Gasteiger partial charge in [0.1, 0.15) is 5.75 Å². The van der Waals surface area contributed by atoms with E-state index in [0.29, 0.717) is 23.8 Å². The molecule has 5 nitrogen and oxygen atoms in total. The summed E-state index contributed by atoms with van der Waals surface area (Å²) < 4.78 is 11.4. The van der Waals surface area contributed by atoms with Crippen LogP contribution in [-0.4, -0.2) is 24.6 Å². The Labute approximate surface area is 135 Å². The molecule has 2 aromatic rings. The number of nitrogens with zero attached hydrogens (tertiary/aromatic N) is 1. The number of carbonyl (C=O) groups excluding carboxylic acids is 1. The molecular weight excluding hydrogens is 348 g/mol. The van der Waals surface area contributed by atoms with Crippen LogP contribution in [0.25, 0.3) is 10.9 Å². The largest absolute Gasteiger partial charge is 0.466 e. The molecule has 0 spiro atoms. The molecule has 22 heavy (non-hydrogen) atoms. The van der Waals surface area contributed by atoms with Crippen molar-refractivity contribution in [3.8, 4) is 5.75 Å². The van der Waals surface area contributed by atoms with E-state index in [0.717, 1.165) is 15.4 Å². The fourth-order valence-electron chi connectivity index (χ4n) is 2.08. The number of hydrogen-bond acceptors (Lipinski definition) is 5. The monoisotopic (exact) mass is 360 g/mol. The maximum absolute atomic E-state index is 11.4. The Morgan fingerprint density at radius 1 is 1.32 bits per heavy atom. The van der Waals surface area contributed by atoms with Crippen molar-refractivity contribution < 1.29 is 14.3 Å². The average molecular weight is 361 g/mol. The summed E-state index contributed by atoms with van der Waals surface area (Å²) in [6, 6.07) is 7.79. The van der Waals surface area contributed by atoms with Crippen LogP contribution in [0.1, 0.15) is 0 Å². The summed E-state index contributed by atoms with van der Waals surface area (Å²) in [5.41, 5.74) is 1.44. The van der Waals surface area contributed by atoms with Crippen LogP contribution < -0.4 is 10.1 Å². The second-order valence-electron chi connectivity index (χ2n) is 4.68. The zero-order valence-electron chi connectivity index (χ0n) is 11.8. The highest BCUT2D eigenvalue weighted by Crippen LogP contribution is 2.23. The van der Waals surface area contributed by atoms with Gasteiger partial charge in [0, 0.05) is 9.86 Å². The first kappa shape index (κ1) is 14.6. The van der Waals surface area contributed by atoms with Crippen LogP contribution in [0.3, 0.4) is 0 Å². The van der Waals surface area contributed by atoms with E-state index < -0.39 is 0 Å². The van der Waals surface area contributed by atoms with Crippen molar-refractivity contribution >= 4 is 32.8 Å². The van der Waals surface area contributed by atoms with Gasteiger partial charge in [-0.05, 0) is 30.4 Å². The van der Waals surface area contributed by atoms with Gasteiger partial charge in [-0.2, -0.15) is 0 Å². The number of fused-ring (bicyclic) bond motifs is 1. The number of pyridine rings is 1. The molecule has 0 unspecified atom stereocenters. The summed E-state index contributed by atoms with van der Waals surface area (Å²) in [5.74, 6) is 0.843. The quantitative estimate of drug-likeness (QED) is 0.852. The number of hydrogen-bond donors (Lipinski definition) is 1. The zero-order chi connectivity index (χ0) is 15.5. The zero-order valence-corrected chi connectivity index (χ0v) is 13.4. The number of esters is 1. The van der Waals surface area contributed by atoms with Crippen molar-refractivity contribution in [3.63, 3.8) is 0 Å². The number of nitrogens with one attached hydrogen (secondary N) is 1. The van der Waals surface area contributed by atoms with Gasteiger partial charge in [-0.25, -0.2) is 4.79 Å². The van der Waals surface area contributed by atoms with Gasteiger partial charge in [-0.1, -0.05) is 22.0 Å². The lowest BCUT2D eigenvalue weighted by Crippen LogP contribution is -2.26. The molecule has 2 heterocycles. The second kappa shape index (κ2) is 6.19. The summed E-state index contributed by atoms with van der Waals surface area (Å²) in [4.78, 5) is 15.8. The molecule has 1 aromatic heterocycles. The minimum atomic E-state index is -0.347. The fraction of sp³-hybridized carbons (Fsp3) is 0.125. The Morgan fingerprint density at radius 3 is 2.91 bits per heavy atom. The molecule has 3 rings (SSSR count). The second-order valence-corrected chi connectivity index (χ2v) is 5.59. The number of methoxy groups -OCH3 is 1. The normalized spacial score (nSPS) is 13.9. The lowest BCUT2D eigenvalue weighted by molar-refractivity contribution is -0.136. The first-order chi connectivity index (χ1) is 10.7. The van der Waals surface area contributed by atoms with Crippen LogP contribution in [0.4, 0.5) is 0 Å². The van der Waals surface area contributed by atoms with Crippen LogP contribution in [0.15, 0.2) is 58.5 Å². The molecule has 0 saturated heterocycles. The van der Waals surface area contributed by atoms with Crippen LogP contribution in [0.2, 0.25) is 0 Å². The van der Waals surface area contributed by atoms with E-state index in [1.54, 1.807) is 18.3 Å². The van der Waals surface area contributed by atoms with E-state index >= 15 is 0 Å². The van der Waals surface area contributed by atoms with Gasteiger partial charge in [0.2, 0.25) is 0 Å². The minimum Gasteiger partial charge on any atom is -0.466 e. The SMILES string of the molecule is COC(=O)C1=CC=C(Oc2cnc3cc(Br)ccc3c2)NC1. The molecular formula is C16H13BrN2O3. The first-order valence-corrected chi connectivity index (χ1v) is 7.41. The number of halogens is 1. The van der Waals surface area contributed by atoms with E-state index in [1.807, 2.05) is 24.3 Å². The highest BCUT2D eigenvalue weighted by molar-refractivity contribution is 9.10. The summed E-state index contributed by atoms with van der Waals surface area (Å²) in [6.07, 6.45) is 5.04. The van der Waals surface area contributed by atoms with Crippen LogP contribution in [0.5, 0.6) is 5.75 Å². The summed E-state index contributed by atoms with van der Waals surface area (Å²) in [5, 5.41) is 4.01. The van der Waals surface area contributed by atoms with Gasteiger partial charge in [-0.3, -0.25) is 4.98 Å². The van der Waals surface area contributed by atoms with Crippen molar-refractivity contribution in [1.29, 1.82) is 0 Å². The van der Waals surface area contributed by atoms with Crippen molar-refractivity contribution in [2.24, 2.45) is 0 Å². The first-order valence-electron chi connectivity index (χ1n) is 6.62. The number of dihydropyridines is 1. The third-order valence-corrected chi connectivity index (χ3v) is 3.68. The minimum absolute atomic E-state index is 0.347. The van der Waals surface area contributed by atoms with E-state index in [4.69, 9.17) is 4.74 Å². The molecule has 1 aromatic carbocycles. The molecule has 1 aliphatic heterocycles. The summed E-state index contributed by atoms with van der Waals surface area (Å²) in [6.45, 7) is 0.368. The van der Waals surface area contributed by atoms with E-state index in [9.17, 15) is 4.79 Å². The highest BCUT2D eigenvalue weighted by Gasteiger charge is 2.14. The Balaban J connectivity index is 1.79. The van der Waals surface area contributed by atoms with Gasteiger partial charge in [-0.15, -0.1) is 0 Å². The Kier molecular flexibility index (Phi) is 4.11. The van der Waals surface area contributed by atoms with Gasteiger partial charge in [0.05, 0.1) is 30.9 Å². The van der Waals surface area contributed by atoms with Crippen molar-refractivity contribution in [2.75, 3.05) is 13.7 Å². The Bertz CT molecular complexity index is 799. The number of ether oxygens (including phenoxy) is 2. The standard InChI is InChI=1S/C16H13BrN2O3/c1-21-16(20)11-3-5-15(19-8-11)22-13-6-10-2-4-12(17)7-14(10)18-9-13/h2-7,9,19H,8H2,1H3. The molecule has 0 atom stereocenters. The predicted molar refractivity (Wildman–Crippen MR) is 86.3 cm³/mol. The third kappa shape index (κ3) is 3.12. The molecule has 0 saturated carbocycles. The summed E-state index contributed by atoms with van der Waals surface area (Å²) >= 11 is 3.42. The molecule has 0 fully saturated rings. The third-order valence-electron chi connectivity index (χ3n) is 3.19. The number of benzene rings is 1. The number of allylic oxidation sites excluding steroid dienone is 2. The smallest absolute Gasteiger partial charge is 0.335 e. The fourth-order valence-corrected chi connectivity index (χ4v) is 2.42. The molecule has 112 valence electrons. The van der Waals surface area contributed by atoms with Gasteiger partial charge in [0.15, 0.2) is 5.88 Å². The summed E-state index contributed by atoms with van der Waals surface area (Å²) in [7, 11) is 1.36. The van der Waals surface area contributed by atoms with Crippen LogP contribution in [-0.2, 0) is 9.53 Å². The molecule has 6 heteroatoms. The molecule has 1 N–H and O–H groups in total. The maximum atomic E-state index is 11.4. The molecule has 0 amide bonds. The Hall–Kier alpha value is -2.34. The van der Waals surface area contributed by atoms with Crippen molar-refractivity contribution in [2.45, 2.75) is 0 Å². The van der Waals surface area contributed by atoms with E-state index in [2.05, 4.69) is 31.0 Å². The van der Waals surface area contributed by atoms with Gasteiger partial charge in [0.25, 0.3) is 0 Å². The lowest BCUT2D eigenvalue weighted by Gasteiger charge is -2.16. The lowest BCUT2D eigenvalue weighted by atomic mass is 10.2. The molecule has 0 bridgehead atoms. The van der Waals surface area contributed by atoms with E-state index in [-0.39, 0.29) is 5.97 Å². The molecule has 0 radical (unpaired) electrons. The maximum Gasteiger partial charge on any atom is 0.335 e. The van der Waals surface area contributed by atoms with Crippen molar-refractivity contribution in [3.05, 3.63) is 58.5 Å². The number of carbonyl (C=O) groups is 1. The van der Waals surface area contributed by atoms with E-state index in [1.165, 1.54) is 7.11 Å². The molecule has 0 aliphatic carbocycles. The highest BCUT2D eigenvalue weighted by atomic mass is 79.9. The van der Waals surface area contributed by atoms with Gasteiger partial charge < -0.3 is 14.8 Å². The van der Waals surface area contributed by atoms with Crippen LogP contribution >= 0.6 is 15.9 Å². The van der Waals surface area contributed by atoms with Crippen molar-refractivity contribution in [1.82, 2.24) is 10.3 Å². The average Bonchev–Trinajstić information content (AvgIpc) is 2.55. The van der Waals surface area contributed by atoms with Crippen LogP contribution in [0, 0.1) is 0 Å².